The number of carbonyl (C=O) groups is 2. The molecule has 0 saturated carbocycles. The Hall–Kier alpha value is -2.11. The third-order valence-electron chi connectivity index (χ3n) is 2.75. The standard InChI is InChI=1S/C13H18N2O4/c1-3-4-5-10(13(18)19)15-12(17)9-7-6-8(2)14-11(9)16/h6-7,10H,3-5H2,1-2H3,(H,14,16)(H,15,17)(H,18,19). The molecule has 0 aliphatic carbocycles. The second-order valence-corrected chi connectivity index (χ2v) is 4.39. The minimum atomic E-state index is -1.09. The number of aryl methyl sites for hydroxylation is 1. The molecule has 0 radical (unpaired) electrons. The zero-order chi connectivity index (χ0) is 14.4. The van der Waals surface area contributed by atoms with E-state index in [1.54, 1.807) is 13.0 Å². The Morgan fingerprint density at radius 3 is 2.63 bits per heavy atom. The summed E-state index contributed by atoms with van der Waals surface area (Å²) in [5.41, 5.74) is 0.0489. The van der Waals surface area contributed by atoms with Crippen LogP contribution in [0.2, 0.25) is 0 Å². The summed E-state index contributed by atoms with van der Waals surface area (Å²) in [6, 6.07) is 2.02. The third-order valence-corrected chi connectivity index (χ3v) is 2.75. The Balaban J connectivity index is 2.81. The van der Waals surface area contributed by atoms with Crippen LogP contribution >= 0.6 is 0 Å². The van der Waals surface area contributed by atoms with E-state index in [4.69, 9.17) is 5.11 Å². The van der Waals surface area contributed by atoms with Gasteiger partial charge in [0, 0.05) is 5.69 Å². The van der Waals surface area contributed by atoms with Gasteiger partial charge in [0.15, 0.2) is 0 Å². The highest BCUT2D eigenvalue weighted by molar-refractivity contribution is 5.96. The van der Waals surface area contributed by atoms with Gasteiger partial charge in [0.25, 0.3) is 11.5 Å². The van der Waals surface area contributed by atoms with Crippen LogP contribution in [0.25, 0.3) is 0 Å². The molecular formula is C13H18N2O4. The van der Waals surface area contributed by atoms with E-state index in [0.717, 1.165) is 6.42 Å². The molecule has 1 aromatic heterocycles. The van der Waals surface area contributed by atoms with E-state index >= 15 is 0 Å². The quantitative estimate of drug-likeness (QED) is 0.716. The topological polar surface area (TPSA) is 99.3 Å². The minimum absolute atomic E-state index is 0.0756. The number of hydrogen-bond acceptors (Lipinski definition) is 3. The van der Waals surface area contributed by atoms with E-state index in [1.165, 1.54) is 6.07 Å². The van der Waals surface area contributed by atoms with E-state index < -0.39 is 23.5 Å². The summed E-state index contributed by atoms with van der Waals surface area (Å²) in [5, 5.41) is 11.4. The van der Waals surface area contributed by atoms with E-state index in [2.05, 4.69) is 10.3 Å². The molecule has 0 fully saturated rings. The first-order valence-electron chi connectivity index (χ1n) is 6.19. The van der Waals surface area contributed by atoms with Crippen molar-refractivity contribution in [2.75, 3.05) is 0 Å². The molecule has 6 heteroatoms. The molecule has 3 N–H and O–H groups in total. The van der Waals surface area contributed by atoms with Crippen LogP contribution in [0.4, 0.5) is 0 Å². The highest BCUT2D eigenvalue weighted by Crippen LogP contribution is 2.02. The largest absolute Gasteiger partial charge is 0.480 e. The molecule has 1 amide bonds. The number of H-pyrrole nitrogens is 1. The van der Waals surface area contributed by atoms with Crippen LogP contribution in [0.3, 0.4) is 0 Å². The lowest BCUT2D eigenvalue weighted by molar-refractivity contribution is -0.139. The van der Waals surface area contributed by atoms with Crippen molar-refractivity contribution in [3.8, 4) is 0 Å². The number of carboxylic acid groups (broad SMARTS) is 1. The molecule has 1 rings (SSSR count). The van der Waals surface area contributed by atoms with E-state index in [0.29, 0.717) is 18.5 Å². The smallest absolute Gasteiger partial charge is 0.326 e. The number of rotatable bonds is 6. The van der Waals surface area contributed by atoms with Gasteiger partial charge in [-0.25, -0.2) is 4.79 Å². The van der Waals surface area contributed by atoms with E-state index in [-0.39, 0.29) is 5.56 Å². The van der Waals surface area contributed by atoms with Gasteiger partial charge >= 0.3 is 5.97 Å². The van der Waals surface area contributed by atoms with Gasteiger partial charge < -0.3 is 15.4 Å². The summed E-state index contributed by atoms with van der Waals surface area (Å²) in [7, 11) is 0. The Kier molecular flexibility index (Phi) is 5.29. The van der Waals surface area contributed by atoms with Crippen LogP contribution in [0.15, 0.2) is 16.9 Å². The predicted molar refractivity (Wildman–Crippen MR) is 70.2 cm³/mol. The molecule has 0 saturated heterocycles. The third kappa shape index (κ3) is 4.24. The lowest BCUT2D eigenvalue weighted by Gasteiger charge is -2.13. The second-order valence-electron chi connectivity index (χ2n) is 4.39. The van der Waals surface area contributed by atoms with E-state index in [1.807, 2.05) is 6.92 Å². The molecule has 1 heterocycles. The highest BCUT2D eigenvalue weighted by atomic mass is 16.4. The number of carbonyl (C=O) groups excluding carboxylic acids is 1. The number of unbranched alkanes of at least 4 members (excludes halogenated alkanes) is 1. The molecule has 0 aliphatic heterocycles. The second kappa shape index (κ2) is 6.72. The van der Waals surface area contributed by atoms with Gasteiger partial charge in [-0.2, -0.15) is 0 Å². The number of pyridine rings is 1. The molecule has 104 valence electrons. The van der Waals surface area contributed by atoms with Gasteiger partial charge in [-0.1, -0.05) is 19.8 Å². The maximum atomic E-state index is 11.9. The van der Waals surface area contributed by atoms with E-state index in [9.17, 15) is 14.4 Å². The number of aromatic amines is 1. The molecule has 0 aromatic carbocycles. The number of aliphatic carboxylic acids is 1. The van der Waals surface area contributed by atoms with Crippen LogP contribution in [0.5, 0.6) is 0 Å². The van der Waals surface area contributed by atoms with Crippen molar-refractivity contribution in [1.29, 1.82) is 0 Å². The normalized spacial score (nSPS) is 11.9. The number of hydrogen-bond donors (Lipinski definition) is 3. The fourth-order valence-electron chi connectivity index (χ4n) is 1.65. The van der Waals surface area contributed by atoms with Crippen molar-refractivity contribution in [2.24, 2.45) is 0 Å². The predicted octanol–water partition coefficient (Wildman–Crippen LogP) is 1.06. The maximum absolute atomic E-state index is 11.9. The summed E-state index contributed by atoms with van der Waals surface area (Å²) in [5.74, 6) is -1.75. The summed E-state index contributed by atoms with van der Waals surface area (Å²) in [6.45, 7) is 3.63. The minimum Gasteiger partial charge on any atom is -0.480 e. The van der Waals surface area contributed by atoms with Crippen LogP contribution in [-0.2, 0) is 4.79 Å². The van der Waals surface area contributed by atoms with Crippen molar-refractivity contribution in [1.82, 2.24) is 10.3 Å². The van der Waals surface area contributed by atoms with Gasteiger partial charge in [0.2, 0.25) is 0 Å². The van der Waals surface area contributed by atoms with Crippen LogP contribution in [0, 0.1) is 6.92 Å². The van der Waals surface area contributed by atoms with Crippen molar-refractivity contribution in [3.05, 3.63) is 33.7 Å². The SMILES string of the molecule is CCCCC(NC(=O)c1ccc(C)[nH]c1=O)C(=O)O. The molecule has 0 bridgehead atoms. The van der Waals surface area contributed by atoms with Crippen molar-refractivity contribution in [3.63, 3.8) is 0 Å². The van der Waals surface area contributed by atoms with Crippen molar-refractivity contribution >= 4 is 11.9 Å². The number of nitrogens with one attached hydrogen (secondary N) is 2. The zero-order valence-electron chi connectivity index (χ0n) is 11.0. The fourth-order valence-corrected chi connectivity index (χ4v) is 1.65. The molecular weight excluding hydrogens is 248 g/mol. The van der Waals surface area contributed by atoms with Gasteiger partial charge in [-0.05, 0) is 25.5 Å². The first-order chi connectivity index (χ1) is 8.95. The average molecular weight is 266 g/mol. The lowest BCUT2D eigenvalue weighted by atomic mass is 10.1. The Bertz CT molecular complexity index is 522. The van der Waals surface area contributed by atoms with Crippen LogP contribution in [-0.4, -0.2) is 28.0 Å². The average Bonchev–Trinajstić information content (AvgIpc) is 2.33. The highest BCUT2D eigenvalue weighted by Gasteiger charge is 2.21. The van der Waals surface area contributed by atoms with Gasteiger partial charge in [-0.15, -0.1) is 0 Å². The monoisotopic (exact) mass is 266 g/mol. The molecule has 0 aliphatic rings. The molecule has 1 aromatic rings. The lowest BCUT2D eigenvalue weighted by Crippen LogP contribution is -2.42. The maximum Gasteiger partial charge on any atom is 0.326 e. The summed E-state index contributed by atoms with van der Waals surface area (Å²) in [6.07, 6.45) is 1.88. The molecule has 19 heavy (non-hydrogen) atoms. The molecule has 6 nitrogen and oxygen atoms in total. The summed E-state index contributed by atoms with van der Waals surface area (Å²) in [4.78, 5) is 37.0. The Labute approximate surface area is 110 Å². The van der Waals surface area contributed by atoms with Gasteiger partial charge in [0.05, 0.1) is 0 Å². The van der Waals surface area contributed by atoms with Gasteiger partial charge in [0.1, 0.15) is 11.6 Å². The molecule has 0 spiro atoms. The number of aromatic nitrogens is 1. The molecule has 1 unspecified atom stereocenters. The first-order valence-corrected chi connectivity index (χ1v) is 6.19. The number of amides is 1. The summed E-state index contributed by atoms with van der Waals surface area (Å²) >= 11 is 0. The van der Waals surface area contributed by atoms with Crippen molar-refractivity contribution in [2.45, 2.75) is 39.2 Å². The fraction of sp³-hybridized carbons (Fsp3) is 0.462. The Morgan fingerprint density at radius 2 is 2.11 bits per heavy atom. The number of carboxylic acids is 1. The zero-order valence-corrected chi connectivity index (χ0v) is 11.0. The summed E-state index contributed by atoms with van der Waals surface area (Å²) < 4.78 is 0. The van der Waals surface area contributed by atoms with Crippen LogP contribution in [0.1, 0.15) is 42.2 Å². The van der Waals surface area contributed by atoms with Gasteiger partial charge in [-0.3, -0.25) is 9.59 Å². The molecule has 1 atom stereocenters. The Morgan fingerprint density at radius 1 is 1.42 bits per heavy atom. The first kappa shape index (κ1) is 14.9. The van der Waals surface area contributed by atoms with Crippen molar-refractivity contribution < 1.29 is 14.7 Å². The van der Waals surface area contributed by atoms with Crippen LogP contribution < -0.4 is 10.9 Å².